The van der Waals surface area contributed by atoms with Crippen LogP contribution in [0.5, 0.6) is 5.88 Å². The van der Waals surface area contributed by atoms with Crippen molar-refractivity contribution in [1.82, 2.24) is 29.7 Å². The molecule has 1 amide bonds. The normalized spacial score (nSPS) is 15.4. The number of aromatic amines is 1. The van der Waals surface area contributed by atoms with Crippen molar-refractivity contribution in [1.29, 1.82) is 0 Å². The van der Waals surface area contributed by atoms with Crippen molar-refractivity contribution in [2.75, 3.05) is 20.2 Å². The molecule has 1 aliphatic heterocycles. The number of carbonyl (C=O) groups excluding carboxylic acids is 1. The first-order valence-electron chi connectivity index (χ1n) is 9.36. The van der Waals surface area contributed by atoms with Gasteiger partial charge in [-0.3, -0.25) is 4.79 Å². The van der Waals surface area contributed by atoms with Gasteiger partial charge in [0.2, 0.25) is 5.88 Å². The number of rotatable bonds is 3. The number of nitrogens with zero attached hydrogens (tertiary/aromatic N) is 5. The van der Waals surface area contributed by atoms with Gasteiger partial charge in [-0.2, -0.15) is 4.52 Å². The Morgan fingerprint density at radius 3 is 2.79 bits per heavy atom. The predicted molar refractivity (Wildman–Crippen MR) is 104 cm³/mol. The van der Waals surface area contributed by atoms with Crippen molar-refractivity contribution in [3.8, 4) is 5.88 Å². The number of benzene rings is 1. The minimum absolute atomic E-state index is 0.0711. The maximum atomic E-state index is 13.0. The van der Waals surface area contributed by atoms with E-state index in [2.05, 4.69) is 20.3 Å². The summed E-state index contributed by atoms with van der Waals surface area (Å²) >= 11 is 0. The molecule has 0 saturated carbocycles. The molecule has 1 saturated heterocycles. The molecule has 5 rings (SSSR count). The van der Waals surface area contributed by atoms with Gasteiger partial charge < -0.3 is 14.6 Å². The van der Waals surface area contributed by atoms with Crippen LogP contribution in [0.4, 0.5) is 0 Å². The number of likely N-dealkylation sites (tertiary alicyclic amines) is 1. The lowest BCUT2D eigenvalue weighted by Gasteiger charge is -2.31. The Labute approximate surface area is 161 Å². The van der Waals surface area contributed by atoms with Crippen LogP contribution in [0.1, 0.15) is 34.9 Å². The van der Waals surface area contributed by atoms with E-state index in [-0.39, 0.29) is 11.8 Å². The van der Waals surface area contributed by atoms with Crippen molar-refractivity contribution < 1.29 is 9.53 Å². The minimum Gasteiger partial charge on any atom is -0.480 e. The van der Waals surface area contributed by atoms with E-state index >= 15 is 0 Å². The highest BCUT2D eigenvalue weighted by atomic mass is 16.5. The number of ether oxygens (including phenoxy) is 1. The smallest absolute Gasteiger partial charge is 0.256 e. The molecule has 8 nitrogen and oxygen atoms in total. The van der Waals surface area contributed by atoms with E-state index < -0.39 is 0 Å². The number of aromatic nitrogens is 5. The molecule has 1 N–H and O–H groups in total. The third-order valence-corrected chi connectivity index (χ3v) is 5.44. The van der Waals surface area contributed by atoms with Crippen LogP contribution in [-0.2, 0) is 0 Å². The maximum absolute atomic E-state index is 13.0. The summed E-state index contributed by atoms with van der Waals surface area (Å²) in [5.41, 5.74) is 2.41. The van der Waals surface area contributed by atoms with Gasteiger partial charge in [0, 0.05) is 42.2 Å². The number of amides is 1. The number of nitrogens with one attached hydrogen (secondary N) is 1. The summed E-state index contributed by atoms with van der Waals surface area (Å²) in [7, 11) is 1.59. The molecule has 0 radical (unpaired) electrons. The molecule has 0 atom stereocenters. The average Bonchev–Trinajstić information content (AvgIpc) is 3.37. The summed E-state index contributed by atoms with van der Waals surface area (Å²) in [5, 5.41) is 14.0. The lowest BCUT2D eigenvalue weighted by Crippen LogP contribution is -2.38. The maximum Gasteiger partial charge on any atom is 0.256 e. The average molecular weight is 376 g/mol. The molecular formula is C20H20N6O2. The Bertz CT molecular complexity index is 1160. The van der Waals surface area contributed by atoms with Crippen LogP contribution < -0.4 is 4.74 Å². The van der Waals surface area contributed by atoms with Crippen LogP contribution in [0.25, 0.3) is 16.6 Å². The number of carbonyl (C=O) groups is 1. The SMILES string of the molecule is COc1ccc2nnc(C3CCN(C(=O)c4c[nH]c5ccccc45)CC3)n2n1. The molecular weight excluding hydrogens is 356 g/mol. The van der Waals surface area contributed by atoms with Gasteiger partial charge in [-0.1, -0.05) is 18.2 Å². The Kier molecular flexibility index (Phi) is 3.96. The fraction of sp³-hybridized carbons (Fsp3) is 0.300. The Hall–Kier alpha value is -3.42. The topological polar surface area (TPSA) is 88.4 Å². The monoisotopic (exact) mass is 376 g/mol. The summed E-state index contributed by atoms with van der Waals surface area (Å²) in [4.78, 5) is 18.1. The number of hydrogen-bond donors (Lipinski definition) is 1. The molecule has 0 spiro atoms. The third-order valence-electron chi connectivity index (χ3n) is 5.44. The predicted octanol–water partition coefficient (Wildman–Crippen LogP) is 2.63. The summed E-state index contributed by atoms with van der Waals surface area (Å²) in [6.45, 7) is 1.36. The van der Waals surface area contributed by atoms with Crippen LogP contribution >= 0.6 is 0 Å². The number of piperidine rings is 1. The van der Waals surface area contributed by atoms with Gasteiger partial charge in [0.05, 0.1) is 12.7 Å². The zero-order valence-corrected chi connectivity index (χ0v) is 15.5. The third kappa shape index (κ3) is 2.69. The first-order chi connectivity index (χ1) is 13.7. The molecule has 3 aromatic heterocycles. The lowest BCUT2D eigenvalue weighted by molar-refractivity contribution is 0.0712. The molecule has 0 unspecified atom stereocenters. The second-order valence-electron chi connectivity index (χ2n) is 7.02. The van der Waals surface area contributed by atoms with Crippen LogP contribution in [0.15, 0.2) is 42.6 Å². The molecule has 0 aliphatic carbocycles. The van der Waals surface area contributed by atoms with Crippen LogP contribution in [0, 0.1) is 0 Å². The Balaban J connectivity index is 1.34. The van der Waals surface area contributed by atoms with Gasteiger partial charge in [-0.25, -0.2) is 0 Å². The van der Waals surface area contributed by atoms with Gasteiger partial charge in [0.25, 0.3) is 5.91 Å². The fourth-order valence-corrected chi connectivity index (χ4v) is 3.91. The molecule has 142 valence electrons. The second-order valence-corrected chi connectivity index (χ2v) is 7.02. The van der Waals surface area contributed by atoms with E-state index in [4.69, 9.17) is 4.74 Å². The van der Waals surface area contributed by atoms with E-state index in [0.29, 0.717) is 24.6 Å². The van der Waals surface area contributed by atoms with Crippen molar-refractivity contribution in [2.24, 2.45) is 0 Å². The van der Waals surface area contributed by atoms with Crippen molar-refractivity contribution in [3.63, 3.8) is 0 Å². The Morgan fingerprint density at radius 1 is 1.14 bits per heavy atom. The molecule has 1 fully saturated rings. The molecule has 4 aromatic rings. The van der Waals surface area contributed by atoms with E-state index in [1.165, 1.54) is 0 Å². The second kappa shape index (κ2) is 6.63. The Morgan fingerprint density at radius 2 is 1.96 bits per heavy atom. The number of hydrogen-bond acceptors (Lipinski definition) is 5. The first-order valence-corrected chi connectivity index (χ1v) is 9.36. The summed E-state index contributed by atoms with van der Waals surface area (Å²) in [6.07, 6.45) is 3.46. The van der Waals surface area contributed by atoms with Crippen molar-refractivity contribution >= 4 is 22.5 Å². The van der Waals surface area contributed by atoms with Gasteiger partial charge in [-0.15, -0.1) is 15.3 Å². The summed E-state index contributed by atoms with van der Waals surface area (Å²) in [6, 6.07) is 11.5. The lowest BCUT2D eigenvalue weighted by atomic mass is 9.95. The number of fused-ring (bicyclic) bond motifs is 2. The van der Waals surface area contributed by atoms with Crippen molar-refractivity contribution in [3.05, 3.63) is 54.0 Å². The fourth-order valence-electron chi connectivity index (χ4n) is 3.91. The molecule has 0 bridgehead atoms. The zero-order valence-electron chi connectivity index (χ0n) is 15.5. The summed E-state index contributed by atoms with van der Waals surface area (Å²) in [5.74, 6) is 1.64. The largest absolute Gasteiger partial charge is 0.480 e. The summed E-state index contributed by atoms with van der Waals surface area (Å²) < 4.78 is 6.97. The molecule has 1 aromatic carbocycles. The number of methoxy groups -OCH3 is 1. The molecule has 1 aliphatic rings. The zero-order chi connectivity index (χ0) is 19.1. The molecule has 28 heavy (non-hydrogen) atoms. The van der Waals surface area contributed by atoms with Gasteiger partial charge in [0.15, 0.2) is 11.5 Å². The molecule has 4 heterocycles. The highest BCUT2D eigenvalue weighted by Crippen LogP contribution is 2.29. The van der Waals surface area contributed by atoms with Crippen molar-refractivity contribution in [2.45, 2.75) is 18.8 Å². The minimum atomic E-state index is 0.0711. The van der Waals surface area contributed by atoms with E-state index in [0.717, 1.165) is 35.1 Å². The van der Waals surface area contributed by atoms with E-state index in [1.54, 1.807) is 23.9 Å². The van der Waals surface area contributed by atoms with Gasteiger partial charge >= 0.3 is 0 Å². The van der Waals surface area contributed by atoms with Gasteiger partial charge in [0.1, 0.15) is 0 Å². The molecule has 8 heteroatoms. The van der Waals surface area contributed by atoms with Crippen LogP contribution in [-0.4, -0.2) is 55.8 Å². The van der Waals surface area contributed by atoms with Crippen LogP contribution in [0.3, 0.4) is 0 Å². The van der Waals surface area contributed by atoms with Crippen LogP contribution in [0.2, 0.25) is 0 Å². The first kappa shape index (κ1) is 16.7. The highest BCUT2D eigenvalue weighted by Gasteiger charge is 2.28. The number of para-hydroxylation sites is 1. The van der Waals surface area contributed by atoms with E-state index in [9.17, 15) is 4.79 Å². The standard InChI is InChI=1S/C20H20N6O2/c1-28-18-7-6-17-22-23-19(26(17)24-18)13-8-10-25(11-9-13)20(27)15-12-21-16-5-3-2-4-14(15)16/h2-7,12-13,21H,8-11H2,1H3. The number of H-pyrrole nitrogens is 1. The highest BCUT2D eigenvalue weighted by molar-refractivity contribution is 6.06. The quantitative estimate of drug-likeness (QED) is 0.594. The van der Waals surface area contributed by atoms with Gasteiger partial charge in [-0.05, 0) is 25.0 Å². The van der Waals surface area contributed by atoms with E-state index in [1.807, 2.05) is 35.2 Å².